The van der Waals surface area contributed by atoms with Crippen molar-refractivity contribution >= 4 is 20.0 Å². The Bertz CT molecular complexity index is 405. The molecular weight excluding hydrogens is 368 g/mol. The summed E-state index contributed by atoms with van der Waals surface area (Å²) in [6, 6.07) is 6.12. The highest BCUT2D eigenvalue weighted by Crippen LogP contribution is 2.32. The summed E-state index contributed by atoms with van der Waals surface area (Å²) < 4.78 is 9.71. The summed E-state index contributed by atoms with van der Waals surface area (Å²) in [4.78, 5) is 23.0. The molecule has 0 aliphatic carbocycles. The second-order valence-corrected chi connectivity index (χ2v) is 13.4. The van der Waals surface area contributed by atoms with Crippen LogP contribution in [-0.4, -0.2) is 33.7 Å². The van der Waals surface area contributed by atoms with E-state index in [0.717, 1.165) is 12.8 Å². The third-order valence-electron chi connectivity index (χ3n) is 5.88. The van der Waals surface area contributed by atoms with Gasteiger partial charge in [0, 0.05) is 0 Å². The van der Waals surface area contributed by atoms with Crippen LogP contribution in [0.2, 0.25) is 24.2 Å². The first-order chi connectivity index (χ1) is 13.5. The number of methoxy groups -OCH3 is 1. The average molecular weight is 415 g/mol. The summed E-state index contributed by atoms with van der Waals surface area (Å²) in [5.41, 5.74) is 0. The van der Waals surface area contributed by atoms with Crippen molar-refractivity contribution in [3.05, 3.63) is 0 Å². The Labute approximate surface area is 175 Å². The summed E-state index contributed by atoms with van der Waals surface area (Å²) in [5, 5.41) is 0. The van der Waals surface area contributed by atoms with E-state index in [0.29, 0.717) is 6.61 Å². The third-order valence-corrected chi connectivity index (χ3v) is 11.8. The molecule has 0 aromatic carbocycles. The zero-order chi connectivity index (χ0) is 21.3. The first-order valence-electron chi connectivity index (χ1n) is 11.7. The lowest BCUT2D eigenvalue weighted by atomic mass is 10.1. The standard InChI is InChI=1S/C23H46O4Si/c1-6-9-19-28(17-7-2,18-8-3)20-15-13-11-10-12-14-16-27-23(25)21(4)22(24)26-5/h21H,6-20H2,1-5H3. The van der Waals surface area contributed by atoms with Crippen LogP contribution in [0, 0.1) is 5.92 Å². The fourth-order valence-electron chi connectivity index (χ4n) is 4.24. The molecule has 0 aliphatic rings. The van der Waals surface area contributed by atoms with Gasteiger partial charge in [-0.15, -0.1) is 0 Å². The van der Waals surface area contributed by atoms with Crippen molar-refractivity contribution in [1.82, 2.24) is 0 Å². The second kappa shape index (κ2) is 17.1. The lowest BCUT2D eigenvalue weighted by Crippen LogP contribution is -2.33. The average Bonchev–Trinajstić information content (AvgIpc) is 2.69. The van der Waals surface area contributed by atoms with Crippen LogP contribution >= 0.6 is 0 Å². The van der Waals surface area contributed by atoms with E-state index in [1.807, 2.05) is 0 Å². The highest BCUT2D eigenvalue weighted by molar-refractivity contribution is 6.79. The highest BCUT2D eigenvalue weighted by atomic mass is 28.3. The lowest BCUT2D eigenvalue weighted by molar-refractivity contribution is -0.159. The van der Waals surface area contributed by atoms with E-state index in [-0.39, 0.29) is 0 Å². The molecule has 0 saturated carbocycles. The zero-order valence-corrected chi connectivity index (χ0v) is 20.3. The molecule has 166 valence electrons. The molecule has 1 unspecified atom stereocenters. The van der Waals surface area contributed by atoms with Crippen LogP contribution in [0.3, 0.4) is 0 Å². The monoisotopic (exact) mass is 414 g/mol. The number of ether oxygens (including phenoxy) is 2. The minimum Gasteiger partial charge on any atom is -0.468 e. The molecule has 0 fully saturated rings. The molecule has 0 radical (unpaired) electrons. The molecule has 0 saturated heterocycles. The van der Waals surface area contributed by atoms with Gasteiger partial charge in [0.1, 0.15) is 0 Å². The predicted octanol–water partition coefficient (Wildman–Crippen LogP) is 6.75. The van der Waals surface area contributed by atoms with E-state index in [4.69, 9.17) is 4.74 Å². The van der Waals surface area contributed by atoms with Crippen LogP contribution in [0.25, 0.3) is 0 Å². The van der Waals surface area contributed by atoms with Crippen molar-refractivity contribution in [2.24, 2.45) is 5.92 Å². The van der Waals surface area contributed by atoms with Crippen LogP contribution in [0.15, 0.2) is 0 Å². The first kappa shape index (κ1) is 27.2. The summed E-state index contributed by atoms with van der Waals surface area (Å²) in [7, 11) is 0.256. The van der Waals surface area contributed by atoms with E-state index in [1.165, 1.54) is 83.5 Å². The van der Waals surface area contributed by atoms with Gasteiger partial charge in [0.2, 0.25) is 0 Å². The van der Waals surface area contributed by atoms with E-state index < -0.39 is 25.9 Å². The van der Waals surface area contributed by atoms with Crippen molar-refractivity contribution in [2.75, 3.05) is 13.7 Å². The maximum absolute atomic E-state index is 11.7. The summed E-state index contributed by atoms with van der Waals surface area (Å²) in [6.45, 7) is 8.98. The van der Waals surface area contributed by atoms with Gasteiger partial charge in [0.15, 0.2) is 5.92 Å². The smallest absolute Gasteiger partial charge is 0.320 e. The fourth-order valence-corrected chi connectivity index (χ4v) is 9.97. The highest BCUT2D eigenvalue weighted by Gasteiger charge is 2.29. The van der Waals surface area contributed by atoms with Gasteiger partial charge >= 0.3 is 11.9 Å². The normalized spacial score (nSPS) is 12.6. The molecule has 1 atom stereocenters. The molecule has 0 N–H and O–H groups in total. The minimum absolute atomic E-state index is 0.403. The van der Waals surface area contributed by atoms with Gasteiger partial charge in [-0.1, -0.05) is 103 Å². The maximum Gasteiger partial charge on any atom is 0.320 e. The molecule has 5 heteroatoms. The number of rotatable bonds is 18. The first-order valence-corrected chi connectivity index (χ1v) is 14.5. The van der Waals surface area contributed by atoms with Gasteiger partial charge in [0.05, 0.1) is 21.8 Å². The van der Waals surface area contributed by atoms with E-state index in [2.05, 4.69) is 25.5 Å². The number of carbonyl (C=O) groups excluding carboxylic acids is 2. The summed E-state index contributed by atoms with van der Waals surface area (Å²) >= 11 is 0. The van der Waals surface area contributed by atoms with Crippen LogP contribution in [0.1, 0.15) is 91.9 Å². The minimum atomic E-state index is -1.03. The predicted molar refractivity (Wildman–Crippen MR) is 120 cm³/mol. The molecular formula is C23H46O4Si. The van der Waals surface area contributed by atoms with Crippen molar-refractivity contribution in [3.63, 3.8) is 0 Å². The molecule has 0 amide bonds. The number of unbranched alkanes of at least 4 members (excludes halogenated alkanes) is 6. The molecule has 0 aliphatic heterocycles. The van der Waals surface area contributed by atoms with Crippen molar-refractivity contribution < 1.29 is 19.1 Å². The van der Waals surface area contributed by atoms with Gasteiger partial charge in [-0.2, -0.15) is 0 Å². The van der Waals surface area contributed by atoms with Crippen LogP contribution in [-0.2, 0) is 19.1 Å². The van der Waals surface area contributed by atoms with Crippen LogP contribution in [0.4, 0.5) is 0 Å². The second-order valence-electron chi connectivity index (χ2n) is 8.39. The van der Waals surface area contributed by atoms with Crippen molar-refractivity contribution in [2.45, 2.75) is 116 Å². The number of carbonyl (C=O) groups is 2. The largest absolute Gasteiger partial charge is 0.468 e. The molecule has 0 spiro atoms. The van der Waals surface area contributed by atoms with Gasteiger partial charge in [-0.3, -0.25) is 9.59 Å². The van der Waals surface area contributed by atoms with Crippen LogP contribution in [0.5, 0.6) is 0 Å². The van der Waals surface area contributed by atoms with Crippen molar-refractivity contribution in [3.8, 4) is 0 Å². The Morgan fingerprint density at radius 1 is 0.714 bits per heavy atom. The van der Waals surface area contributed by atoms with Gasteiger partial charge in [-0.05, 0) is 13.3 Å². The Morgan fingerprint density at radius 2 is 1.25 bits per heavy atom. The fraction of sp³-hybridized carbons (Fsp3) is 0.913. The molecule has 28 heavy (non-hydrogen) atoms. The third kappa shape index (κ3) is 11.9. The van der Waals surface area contributed by atoms with Crippen LogP contribution < -0.4 is 0 Å². The Morgan fingerprint density at radius 3 is 1.79 bits per heavy atom. The molecule has 0 bridgehead atoms. The molecule has 0 aromatic rings. The van der Waals surface area contributed by atoms with E-state index >= 15 is 0 Å². The SMILES string of the molecule is CCCC[Si](CCC)(CCC)CCCCCCCCOC(=O)C(C)C(=O)OC. The Hall–Kier alpha value is -0.843. The van der Waals surface area contributed by atoms with E-state index in [9.17, 15) is 9.59 Å². The molecule has 0 aromatic heterocycles. The Kier molecular flexibility index (Phi) is 16.5. The summed E-state index contributed by atoms with van der Waals surface area (Å²) in [5.74, 6) is -1.84. The Balaban J connectivity index is 3.91. The summed E-state index contributed by atoms with van der Waals surface area (Å²) in [6.07, 6.45) is 12.7. The topological polar surface area (TPSA) is 52.6 Å². The number of hydrogen-bond acceptors (Lipinski definition) is 4. The molecule has 0 rings (SSSR count). The van der Waals surface area contributed by atoms with Gasteiger partial charge in [-0.25, -0.2) is 0 Å². The molecule has 4 nitrogen and oxygen atoms in total. The number of esters is 2. The van der Waals surface area contributed by atoms with Crippen molar-refractivity contribution in [1.29, 1.82) is 0 Å². The quantitative estimate of drug-likeness (QED) is 0.108. The van der Waals surface area contributed by atoms with Gasteiger partial charge in [0.25, 0.3) is 0 Å². The zero-order valence-electron chi connectivity index (χ0n) is 19.3. The number of hydrogen-bond donors (Lipinski definition) is 0. The maximum atomic E-state index is 11.7. The van der Waals surface area contributed by atoms with Gasteiger partial charge < -0.3 is 9.47 Å². The van der Waals surface area contributed by atoms with E-state index in [1.54, 1.807) is 6.04 Å². The lowest BCUT2D eigenvalue weighted by Gasteiger charge is -2.32. The molecule has 0 heterocycles.